The van der Waals surface area contributed by atoms with Gasteiger partial charge in [-0.15, -0.1) is 0 Å². The van der Waals surface area contributed by atoms with E-state index in [9.17, 15) is 8.78 Å². The quantitative estimate of drug-likeness (QED) is 0.837. The van der Waals surface area contributed by atoms with Gasteiger partial charge in [-0.2, -0.15) is 8.78 Å². The lowest BCUT2D eigenvalue weighted by Crippen LogP contribution is -2.01. The summed E-state index contributed by atoms with van der Waals surface area (Å²) < 4.78 is 33.2. The fourth-order valence-corrected chi connectivity index (χ4v) is 1.42. The molecule has 16 heavy (non-hydrogen) atoms. The van der Waals surface area contributed by atoms with Crippen molar-refractivity contribution in [2.75, 3.05) is 0 Å². The number of H-pyrrole nitrogens is 1. The van der Waals surface area contributed by atoms with Crippen molar-refractivity contribution in [3.63, 3.8) is 0 Å². The van der Waals surface area contributed by atoms with Crippen molar-refractivity contribution in [2.24, 2.45) is 0 Å². The number of hydrogen-bond donors (Lipinski definition) is 1. The van der Waals surface area contributed by atoms with E-state index in [4.69, 9.17) is 16.6 Å². The standard InChI is InChI=1S/C10H7F2NO2S/c11-9(12)15-7-3-1-2-6(4-7)8-5-14-10(16)13-8/h1-5,9H,(H,13,16). The molecule has 0 atom stereocenters. The van der Waals surface area contributed by atoms with Crippen LogP contribution in [0.3, 0.4) is 0 Å². The highest BCUT2D eigenvalue weighted by Gasteiger charge is 2.06. The summed E-state index contributed by atoms with van der Waals surface area (Å²) in [6, 6.07) is 6.26. The molecule has 2 rings (SSSR count). The third-order valence-corrected chi connectivity index (χ3v) is 2.09. The summed E-state index contributed by atoms with van der Waals surface area (Å²) in [6.07, 6.45) is 1.42. The maximum Gasteiger partial charge on any atom is 0.387 e. The van der Waals surface area contributed by atoms with Crippen LogP contribution in [0.15, 0.2) is 34.9 Å². The van der Waals surface area contributed by atoms with Crippen LogP contribution in [0, 0.1) is 4.84 Å². The first-order chi connectivity index (χ1) is 7.65. The first kappa shape index (κ1) is 10.8. The second-order valence-corrected chi connectivity index (χ2v) is 3.34. The van der Waals surface area contributed by atoms with E-state index < -0.39 is 6.61 Å². The second kappa shape index (κ2) is 4.44. The number of aromatic nitrogens is 1. The van der Waals surface area contributed by atoms with Crippen molar-refractivity contribution in [3.05, 3.63) is 35.4 Å². The Kier molecular flexibility index (Phi) is 3.00. The lowest BCUT2D eigenvalue weighted by atomic mass is 10.2. The molecule has 1 heterocycles. The topological polar surface area (TPSA) is 38.2 Å². The van der Waals surface area contributed by atoms with E-state index in [1.807, 2.05) is 0 Å². The molecule has 0 radical (unpaired) electrons. The van der Waals surface area contributed by atoms with Crippen molar-refractivity contribution in [2.45, 2.75) is 6.61 Å². The molecule has 0 spiro atoms. The molecule has 0 aliphatic rings. The third-order valence-electron chi connectivity index (χ3n) is 1.89. The molecule has 0 saturated carbocycles. The number of alkyl halides is 2. The predicted molar refractivity (Wildman–Crippen MR) is 56.0 cm³/mol. The third kappa shape index (κ3) is 2.46. The maximum atomic E-state index is 12.0. The molecular formula is C10H7F2NO2S. The average molecular weight is 243 g/mol. The number of hydrogen-bond acceptors (Lipinski definition) is 3. The number of halogens is 2. The van der Waals surface area contributed by atoms with Crippen molar-refractivity contribution >= 4 is 12.2 Å². The summed E-state index contributed by atoms with van der Waals surface area (Å²) in [4.78, 5) is 3.01. The Labute approximate surface area is 94.7 Å². The molecule has 0 saturated heterocycles. The van der Waals surface area contributed by atoms with E-state index in [1.54, 1.807) is 12.1 Å². The summed E-state index contributed by atoms with van der Waals surface area (Å²) in [5.41, 5.74) is 1.28. The molecule has 1 aromatic carbocycles. The molecule has 2 aromatic rings. The normalized spacial score (nSPS) is 10.7. The van der Waals surface area contributed by atoms with Crippen LogP contribution >= 0.6 is 12.2 Å². The van der Waals surface area contributed by atoms with E-state index in [0.29, 0.717) is 11.3 Å². The van der Waals surface area contributed by atoms with Crippen LogP contribution in [-0.4, -0.2) is 11.6 Å². The minimum absolute atomic E-state index is 0.0908. The zero-order valence-corrected chi connectivity index (χ0v) is 8.76. The smallest absolute Gasteiger partial charge is 0.387 e. The largest absolute Gasteiger partial charge is 0.437 e. The van der Waals surface area contributed by atoms with Gasteiger partial charge in [0, 0.05) is 5.56 Å². The Morgan fingerprint density at radius 2 is 2.19 bits per heavy atom. The van der Waals surface area contributed by atoms with Crippen LogP contribution in [0.2, 0.25) is 0 Å². The first-order valence-corrected chi connectivity index (χ1v) is 4.79. The molecule has 0 aliphatic carbocycles. The number of benzene rings is 1. The number of nitrogens with one attached hydrogen (secondary N) is 1. The van der Waals surface area contributed by atoms with Gasteiger partial charge in [0.05, 0.1) is 5.69 Å². The number of rotatable bonds is 3. The SMILES string of the molecule is FC(F)Oc1cccc(-c2coc(=S)[nH]2)c1. The molecule has 0 unspecified atom stereocenters. The van der Waals surface area contributed by atoms with E-state index in [-0.39, 0.29) is 10.6 Å². The minimum Gasteiger partial charge on any atom is -0.437 e. The molecular weight excluding hydrogens is 236 g/mol. The molecule has 0 bridgehead atoms. The Hall–Kier alpha value is -1.69. The van der Waals surface area contributed by atoms with E-state index in [0.717, 1.165) is 0 Å². The van der Waals surface area contributed by atoms with Crippen LogP contribution in [0.25, 0.3) is 11.3 Å². The molecule has 6 heteroatoms. The van der Waals surface area contributed by atoms with Gasteiger partial charge in [0.1, 0.15) is 12.0 Å². The Balaban J connectivity index is 2.32. The Bertz CT molecular complexity index is 535. The van der Waals surface area contributed by atoms with Crippen LogP contribution in [-0.2, 0) is 0 Å². The number of ether oxygens (including phenoxy) is 1. The van der Waals surface area contributed by atoms with Crippen LogP contribution in [0.4, 0.5) is 8.78 Å². The molecule has 0 aliphatic heterocycles. The van der Waals surface area contributed by atoms with Crippen LogP contribution < -0.4 is 4.74 Å². The fraction of sp³-hybridized carbons (Fsp3) is 0.100. The maximum absolute atomic E-state index is 12.0. The highest BCUT2D eigenvalue weighted by molar-refractivity contribution is 7.71. The Morgan fingerprint density at radius 3 is 2.81 bits per heavy atom. The lowest BCUT2D eigenvalue weighted by Gasteiger charge is -2.05. The van der Waals surface area contributed by atoms with Gasteiger partial charge >= 0.3 is 6.61 Å². The lowest BCUT2D eigenvalue weighted by molar-refractivity contribution is -0.0498. The number of aromatic amines is 1. The van der Waals surface area contributed by atoms with Crippen molar-refractivity contribution < 1.29 is 17.9 Å². The van der Waals surface area contributed by atoms with Crippen molar-refractivity contribution in [3.8, 4) is 17.0 Å². The van der Waals surface area contributed by atoms with E-state index >= 15 is 0 Å². The molecule has 84 valence electrons. The summed E-state index contributed by atoms with van der Waals surface area (Å²) in [5.74, 6) is 0.0908. The predicted octanol–water partition coefficient (Wildman–Crippen LogP) is 3.61. The first-order valence-electron chi connectivity index (χ1n) is 4.38. The second-order valence-electron chi connectivity index (χ2n) is 2.97. The van der Waals surface area contributed by atoms with E-state index in [1.165, 1.54) is 18.4 Å². The molecule has 0 fully saturated rings. The van der Waals surface area contributed by atoms with Gasteiger partial charge in [-0.05, 0) is 24.4 Å². The zero-order valence-electron chi connectivity index (χ0n) is 7.94. The molecule has 1 aromatic heterocycles. The van der Waals surface area contributed by atoms with Gasteiger partial charge < -0.3 is 14.1 Å². The van der Waals surface area contributed by atoms with Gasteiger partial charge in [-0.3, -0.25) is 0 Å². The van der Waals surface area contributed by atoms with Gasteiger partial charge in [0.15, 0.2) is 0 Å². The van der Waals surface area contributed by atoms with Gasteiger partial charge in [0.25, 0.3) is 4.84 Å². The number of oxazole rings is 1. The van der Waals surface area contributed by atoms with Gasteiger partial charge in [-0.1, -0.05) is 12.1 Å². The fourth-order valence-electron chi connectivity index (χ4n) is 1.26. The summed E-state index contributed by atoms with van der Waals surface area (Å²) in [5, 5.41) is 0. The molecule has 0 amide bonds. The summed E-state index contributed by atoms with van der Waals surface area (Å²) >= 11 is 4.76. The average Bonchev–Trinajstić information content (AvgIpc) is 2.64. The van der Waals surface area contributed by atoms with Crippen molar-refractivity contribution in [1.29, 1.82) is 0 Å². The monoisotopic (exact) mass is 243 g/mol. The molecule has 1 N–H and O–H groups in total. The van der Waals surface area contributed by atoms with E-state index in [2.05, 4.69) is 9.72 Å². The van der Waals surface area contributed by atoms with Crippen LogP contribution in [0.5, 0.6) is 5.75 Å². The van der Waals surface area contributed by atoms with Crippen LogP contribution in [0.1, 0.15) is 0 Å². The minimum atomic E-state index is -2.84. The van der Waals surface area contributed by atoms with Gasteiger partial charge in [0.2, 0.25) is 0 Å². The highest BCUT2D eigenvalue weighted by atomic mass is 32.1. The highest BCUT2D eigenvalue weighted by Crippen LogP contribution is 2.23. The summed E-state index contributed by atoms with van der Waals surface area (Å²) in [7, 11) is 0. The Morgan fingerprint density at radius 1 is 1.38 bits per heavy atom. The van der Waals surface area contributed by atoms with Crippen molar-refractivity contribution in [1.82, 2.24) is 4.98 Å². The molecule has 3 nitrogen and oxygen atoms in total. The summed E-state index contributed by atoms with van der Waals surface area (Å²) in [6.45, 7) is -2.84. The van der Waals surface area contributed by atoms with Gasteiger partial charge in [-0.25, -0.2) is 0 Å². The zero-order chi connectivity index (χ0) is 11.5.